The maximum Gasteiger partial charge on any atom is 0.292 e. The van der Waals surface area contributed by atoms with Crippen LogP contribution in [0.25, 0.3) is 0 Å². The van der Waals surface area contributed by atoms with E-state index < -0.39 is 12.5 Å². The van der Waals surface area contributed by atoms with Crippen molar-refractivity contribution >= 4 is 0 Å². The Bertz CT molecular complexity index is 355. The SMILES string of the molecule is COc1cc(C)cc(OC)c1C(F)(F)CN. The first-order valence-corrected chi connectivity index (χ1v) is 4.77. The summed E-state index contributed by atoms with van der Waals surface area (Å²) in [5, 5.41) is 0. The van der Waals surface area contributed by atoms with Gasteiger partial charge in [0.2, 0.25) is 0 Å². The number of halogens is 2. The molecule has 0 saturated heterocycles. The number of ether oxygens (including phenoxy) is 2. The van der Waals surface area contributed by atoms with Crippen LogP contribution in [0.5, 0.6) is 11.5 Å². The molecule has 2 N–H and O–H groups in total. The van der Waals surface area contributed by atoms with Gasteiger partial charge in [0, 0.05) is 0 Å². The van der Waals surface area contributed by atoms with Crippen LogP contribution in [0.2, 0.25) is 0 Å². The Morgan fingerprint density at radius 1 is 1.19 bits per heavy atom. The molecule has 3 nitrogen and oxygen atoms in total. The molecule has 0 radical (unpaired) electrons. The summed E-state index contributed by atoms with van der Waals surface area (Å²) in [4.78, 5) is 0. The Hall–Kier alpha value is -1.36. The van der Waals surface area contributed by atoms with Crippen molar-refractivity contribution in [1.82, 2.24) is 0 Å². The maximum absolute atomic E-state index is 13.6. The molecular formula is C11H15F2NO2. The number of hydrogen-bond donors (Lipinski definition) is 1. The fraction of sp³-hybridized carbons (Fsp3) is 0.455. The molecule has 0 aliphatic carbocycles. The topological polar surface area (TPSA) is 44.5 Å². The van der Waals surface area contributed by atoms with E-state index in [0.717, 1.165) is 5.56 Å². The van der Waals surface area contributed by atoms with E-state index in [1.165, 1.54) is 26.4 Å². The van der Waals surface area contributed by atoms with Crippen molar-refractivity contribution < 1.29 is 18.3 Å². The average Bonchev–Trinajstić information content (AvgIpc) is 2.27. The van der Waals surface area contributed by atoms with Crippen molar-refractivity contribution in [2.45, 2.75) is 12.8 Å². The minimum Gasteiger partial charge on any atom is -0.496 e. The Kier molecular flexibility index (Phi) is 3.70. The molecule has 0 amide bonds. The standard InChI is InChI=1S/C11H15F2NO2/c1-7-4-8(15-2)10(9(5-7)16-3)11(12,13)6-14/h4-5H,6,14H2,1-3H3. The van der Waals surface area contributed by atoms with Crippen LogP contribution in [0.4, 0.5) is 8.78 Å². The Balaban J connectivity index is 3.44. The summed E-state index contributed by atoms with van der Waals surface area (Å²) in [5.74, 6) is -2.98. The lowest BCUT2D eigenvalue weighted by atomic mass is 10.0. The molecule has 16 heavy (non-hydrogen) atoms. The van der Waals surface area contributed by atoms with Crippen LogP contribution >= 0.6 is 0 Å². The molecule has 0 aliphatic heterocycles. The Morgan fingerprint density at radius 3 is 1.94 bits per heavy atom. The van der Waals surface area contributed by atoms with Gasteiger partial charge in [-0.2, -0.15) is 8.78 Å². The molecule has 0 aliphatic rings. The van der Waals surface area contributed by atoms with Crippen LogP contribution in [0.15, 0.2) is 12.1 Å². The zero-order chi connectivity index (χ0) is 12.3. The second-order valence-electron chi connectivity index (χ2n) is 3.45. The molecule has 1 aromatic rings. The van der Waals surface area contributed by atoms with Crippen LogP contribution in [0.1, 0.15) is 11.1 Å². The predicted molar refractivity (Wildman–Crippen MR) is 57.2 cm³/mol. The lowest BCUT2D eigenvalue weighted by Gasteiger charge is -2.21. The van der Waals surface area contributed by atoms with E-state index in [0.29, 0.717) is 0 Å². The summed E-state index contributed by atoms with van der Waals surface area (Å²) < 4.78 is 37.1. The van der Waals surface area contributed by atoms with E-state index in [4.69, 9.17) is 15.2 Å². The average molecular weight is 231 g/mol. The van der Waals surface area contributed by atoms with Crippen LogP contribution in [-0.2, 0) is 5.92 Å². The highest BCUT2D eigenvalue weighted by Crippen LogP contribution is 2.41. The van der Waals surface area contributed by atoms with E-state index >= 15 is 0 Å². The van der Waals surface area contributed by atoms with Gasteiger partial charge in [-0.25, -0.2) is 0 Å². The van der Waals surface area contributed by atoms with Crippen LogP contribution in [0, 0.1) is 6.92 Å². The third kappa shape index (κ3) is 2.24. The van der Waals surface area contributed by atoms with Crippen LogP contribution in [-0.4, -0.2) is 20.8 Å². The summed E-state index contributed by atoms with van der Waals surface area (Å²) in [7, 11) is 2.68. The molecule has 5 heteroatoms. The normalized spacial score (nSPS) is 11.4. The number of methoxy groups -OCH3 is 2. The van der Waals surface area contributed by atoms with Crippen molar-refractivity contribution in [3.05, 3.63) is 23.3 Å². The summed E-state index contributed by atoms with van der Waals surface area (Å²) in [6.07, 6.45) is 0. The molecular weight excluding hydrogens is 216 g/mol. The number of rotatable bonds is 4. The van der Waals surface area contributed by atoms with E-state index in [1.54, 1.807) is 6.92 Å². The Labute approximate surface area is 93.2 Å². The lowest BCUT2D eigenvalue weighted by molar-refractivity contribution is 0.00137. The molecule has 0 unspecified atom stereocenters. The van der Waals surface area contributed by atoms with Crippen molar-refractivity contribution in [2.24, 2.45) is 5.73 Å². The summed E-state index contributed by atoms with van der Waals surface area (Å²) in [6, 6.07) is 3.06. The third-order valence-electron chi connectivity index (χ3n) is 2.27. The van der Waals surface area contributed by atoms with Crippen molar-refractivity contribution in [3.8, 4) is 11.5 Å². The van der Waals surface area contributed by atoms with Gasteiger partial charge in [-0.15, -0.1) is 0 Å². The van der Waals surface area contributed by atoms with Crippen LogP contribution < -0.4 is 15.2 Å². The largest absolute Gasteiger partial charge is 0.496 e. The number of benzene rings is 1. The first-order valence-electron chi connectivity index (χ1n) is 4.77. The van der Waals surface area contributed by atoms with Gasteiger partial charge in [0.15, 0.2) is 0 Å². The lowest BCUT2D eigenvalue weighted by Crippen LogP contribution is -2.26. The minimum absolute atomic E-state index is 0.0901. The van der Waals surface area contributed by atoms with Crippen molar-refractivity contribution in [3.63, 3.8) is 0 Å². The second-order valence-corrected chi connectivity index (χ2v) is 3.45. The molecule has 1 rings (SSSR count). The van der Waals surface area contributed by atoms with Crippen LogP contribution in [0.3, 0.4) is 0 Å². The molecule has 0 fully saturated rings. The Morgan fingerprint density at radius 2 is 1.62 bits per heavy atom. The summed E-state index contributed by atoms with van der Waals surface area (Å²) in [6.45, 7) is 0.984. The molecule has 0 spiro atoms. The molecule has 0 bridgehead atoms. The number of aryl methyl sites for hydroxylation is 1. The van der Waals surface area contributed by atoms with Gasteiger partial charge >= 0.3 is 0 Å². The van der Waals surface area contributed by atoms with E-state index in [9.17, 15) is 8.78 Å². The second kappa shape index (κ2) is 4.65. The monoisotopic (exact) mass is 231 g/mol. The molecule has 0 atom stereocenters. The summed E-state index contributed by atoms with van der Waals surface area (Å²) >= 11 is 0. The highest BCUT2D eigenvalue weighted by atomic mass is 19.3. The molecule has 0 aromatic heterocycles. The quantitative estimate of drug-likeness (QED) is 0.862. The fourth-order valence-corrected chi connectivity index (χ4v) is 1.51. The van der Waals surface area contributed by atoms with Gasteiger partial charge in [-0.05, 0) is 24.6 Å². The number of alkyl halides is 2. The molecule has 1 aromatic carbocycles. The number of nitrogens with two attached hydrogens (primary N) is 1. The fourth-order valence-electron chi connectivity index (χ4n) is 1.51. The van der Waals surface area contributed by atoms with Gasteiger partial charge in [0.1, 0.15) is 17.1 Å². The third-order valence-corrected chi connectivity index (χ3v) is 2.27. The van der Waals surface area contributed by atoms with Crippen molar-refractivity contribution in [2.75, 3.05) is 20.8 Å². The minimum atomic E-state index is -3.16. The summed E-state index contributed by atoms with van der Waals surface area (Å²) in [5.41, 5.74) is 5.54. The van der Waals surface area contributed by atoms with E-state index in [1.807, 2.05) is 0 Å². The van der Waals surface area contributed by atoms with Gasteiger partial charge < -0.3 is 15.2 Å². The predicted octanol–water partition coefficient (Wildman–Crippen LogP) is 2.06. The van der Waals surface area contributed by atoms with Gasteiger partial charge in [-0.1, -0.05) is 0 Å². The first kappa shape index (κ1) is 12.7. The highest BCUT2D eigenvalue weighted by molar-refractivity contribution is 5.50. The maximum atomic E-state index is 13.6. The smallest absolute Gasteiger partial charge is 0.292 e. The van der Waals surface area contributed by atoms with E-state index in [2.05, 4.69) is 0 Å². The van der Waals surface area contributed by atoms with Gasteiger partial charge in [-0.3, -0.25) is 0 Å². The molecule has 0 saturated carbocycles. The molecule has 0 heterocycles. The highest BCUT2D eigenvalue weighted by Gasteiger charge is 2.36. The number of hydrogen-bond acceptors (Lipinski definition) is 3. The zero-order valence-electron chi connectivity index (χ0n) is 9.51. The van der Waals surface area contributed by atoms with E-state index in [-0.39, 0.29) is 17.1 Å². The molecule has 90 valence electrons. The van der Waals surface area contributed by atoms with Crippen molar-refractivity contribution in [1.29, 1.82) is 0 Å². The first-order chi connectivity index (χ1) is 7.46. The van der Waals surface area contributed by atoms with Gasteiger partial charge in [0.25, 0.3) is 5.92 Å². The zero-order valence-corrected chi connectivity index (χ0v) is 9.51. The van der Waals surface area contributed by atoms with Gasteiger partial charge in [0.05, 0.1) is 20.8 Å².